The zero-order valence-corrected chi connectivity index (χ0v) is 15.3. The summed E-state index contributed by atoms with van der Waals surface area (Å²) in [6.07, 6.45) is 0. The van der Waals surface area contributed by atoms with Crippen molar-refractivity contribution in [2.45, 2.75) is 6.85 Å². The van der Waals surface area contributed by atoms with E-state index in [1.807, 2.05) is 59.0 Å². The van der Waals surface area contributed by atoms with E-state index in [0.29, 0.717) is 17.3 Å². The Morgan fingerprint density at radius 1 is 0.893 bits per heavy atom. The lowest BCUT2D eigenvalue weighted by molar-refractivity contribution is 0.585. The lowest BCUT2D eigenvalue weighted by Crippen LogP contribution is -1.83. The van der Waals surface area contributed by atoms with E-state index < -0.39 is 6.85 Å². The zero-order valence-electron chi connectivity index (χ0n) is 17.5. The van der Waals surface area contributed by atoms with Crippen LogP contribution in [0.4, 0.5) is 0 Å². The number of nitrogens with zero attached hydrogens (tertiary/aromatic N) is 4. The van der Waals surface area contributed by atoms with E-state index in [9.17, 15) is 0 Å². The van der Waals surface area contributed by atoms with Crippen LogP contribution < -0.4 is 0 Å². The molecule has 6 heteroatoms. The number of fused-ring (bicyclic) bond motifs is 5. The Bertz CT molecular complexity index is 1580. The fourth-order valence-corrected chi connectivity index (χ4v) is 4.61. The maximum atomic E-state index is 7.82. The second-order valence-corrected chi connectivity index (χ2v) is 7.41. The molecule has 0 saturated heterocycles. The summed E-state index contributed by atoms with van der Waals surface area (Å²) in [5.41, 5.74) is 4.13. The first kappa shape index (κ1) is 12.8. The number of thiazole rings is 1. The van der Waals surface area contributed by atoms with Gasteiger partial charge in [0.2, 0.25) is 11.8 Å². The highest BCUT2D eigenvalue weighted by Crippen LogP contribution is 2.37. The molecule has 28 heavy (non-hydrogen) atoms. The van der Waals surface area contributed by atoms with Gasteiger partial charge >= 0.3 is 0 Å². The van der Waals surface area contributed by atoms with Crippen LogP contribution in [0.1, 0.15) is 9.68 Å². The predicted molar refractivity (Wildman–Crippen MR) is 112 cm³/mol. The number of aryl methyl sites for hydroxylation is 1. The molecule has 6 rings (SSSR count). The molecule has 0 N–H and O–H groups in total. The number of para-hydroxylation sites is 1. The summed E-state index contributed by atoms with van der Waals surface area (Å²) in [5.74, 6) is 0.892. The highest BCUT2D eigenvalue weighted by molar-refractivity contribution is 7.24. The largest absolute Gasteiger partial charge is 0.416 e. The quantitative estimate of drug-likeness (QED) is 0.382. The van der Waals surface area contributed by atoms with Gasteiger partial charge in [0.1, 0.15) is 0 Å². The Morgan fingerprint density at radius 2 is 1.71 bits per heavy atom. The first-order valence-corrected chi connectivity index (χ1v) is 9.55. The van der Waals surface area contributed by atoms with Crippen molar-refractivity contribution in [1.82, 2.24) is 19.6 Å². The van der Waals surface area contributed by atoms with Crippen molar-refractivity contribution in [3.05, 3.63) is 72.3 Å². The molecule has 6 aromatic rings. The minimum atomic E-state index is -2.22. The Kier molecular flexibility index (Phi) is 2.62. The van der Waals surface area contributed by atoms with Crippen LogP contribution in [-0.2, 0) is 0 Å². The normalized spacial score (nSPS) is 13.8. The first-order valence-electron chi connectivity index (χ1n) is 10.2. The van der Waals surface area contributed by atoms with Crippen molar-refractivity contribution in [2.24, 2.45) is 0 Å². The van der Waals surface area contributed by atoms with E-state index in [2.05, 4.69) is 15.2 Å². The maximum Gasteiger partial charge on any atom is 0.249 e. The van der Waals surface area contributed by atoms with Gasteiger partial charge in [0.15, 0.2) is 4.96 Å². The summed E-state index contributed by atoms with van der Waals surface area (Å²) < 4.78 is 32.4. The van der Waals surface area contributed by atoms with Crippen LogP contribution in [0, 0.1) is 6.85 Å². The van der Waals surface area contributed by atoms with Gasteiger partial charge in [-0.25, -0.2) is 4.98 Å². The van der Waals surface area contributed by atoms with Gasteiger partial charge in [-0.15, -0.1) is 10.2 Å². The van der Waals surface area contributed by atoms with Gasteiger partial charge < -0.3 is 4.42 Å². The summed E-state index contributed by atoms with van der Waals surface area (Å²) in [7, 11) is 0. The van der Waals surface area contributed by atoms with Crippen molar-refractivity contribution < 1.29 is 8.53 Å². The van der Waals surface area contributed by atoms with Crippen molar-refractivity contribution in [3.63, 3.8) is 0 Å². The molecule has 3 heterocycles. The van der Waals surface area contributed by atoms with Crippen LogP contribution in [-0.4, -0.2) is 19.6 Å². The summed E-state index contributed by atoms with van der Waals surface area (Å²) in [5, 5.41) is 8.46. The standard InChI is InChI=1S/C22H14N4OS/c1-13-7-5-11-16-18(13)23-22-26(16)17-12-6-10-15(19(17)28-22)21-25-24-20(27-21)14-8-3-2-4-9-14/h2-12H,1H3/i1D3. The average molecular weight is 385 g/mol. The summed E-state index contributed by atoms with van der Waals surface area (Å²) in [4.78, 5) is 5.38. The maximum absolute atomic E-state index is 7.82. The topological polar surface area (TPSA) is 56.2 Å². The molecular formula is C22H14N4OS. The smallest absolute Gasteiger partial charge is 0.249 e. The molecule has 0 bridgehead atoms. The van der Waals surface area contributed by atoms with Crippen LogP contribution in [0.25, 0.3) is 49.1 Å². The number of imidazole rings is 1. The molecule has 0 saturated carbocycles. The molecular weight excluding hydrogens is 368 g/mol. The van der Waals surface area contributed by atoms with Gasteiger partial charge in [-0.1, -0.05) is 47.7 Å². The highest BCUT2D eigenvalue weighted by atomic mass is 32.1. The van der Waals surface area contributed by atoms with E-state index in [1.54, 1.807) is 12.1 Å². The molecule has 0 spiro atoms. The minimum absolute atomic E-state index is 0.259. The van der Waals surface area contributed by atoms with Crippen LogP contribution in [0.5, 0.6) is 0 Å². The van der Waals surface area contributed by atoms with Crippen molar-refractivity contribution >= 4 is 37.5 Å². The molecule has 0 atom stereocenters. The molecule has 0 unspecified atom stereocenters. The van der Waals surface area contributed by atoms with Gasteiger partial charge in [-0.05, 0) is 42.7 Å². The molecule has 0 fully saturated rings. The lowest BCUT2D eigenvalue weighted by Gasteiger charge is -1.99. The van der Waals surface area contributed by atoms with Crippen molar-refractivity contribution in [1.29, 1.82) is 0 Å². The van der Waals surface area contributed by atoms with Crippen LogP contribution in [0.15, 0.2) is 71.1 Å². The van der Waals surface area contributed by atoms with Gasteiger partial charge in [-0.3, -0.25) is 4.40 Å². The first-order chi connectivity index (χ1) is 15.0. The molecule has 0 radical (unpaired) electrons. The Balaban J connectivity index is 1.57. The summed E-state index contributed by atoms with van der Waals surface area (Å²) >= 11 is 1.47. The molecule has 0 aliphatic rings. The third-order valence-electron chi connectivity index (χ3n) is 4.76. The predicted octanol–water partition coefficient (Wildman–Crippen LogP) is 5.73. The Morgan fingerprint density at radius 3 is 2.61 bits per heavy atom. The summed E-state index contributed by atoms with van der Waals surface area (Å²) in [6.45, 7) is -2.22. The Hall–Kier alpha value is -3.51. The van der Waals surface area contributed by atoms with Gasteiger partial charge in [0.05, 0.1) is 26.8 Å². The monoisotopic (exact) mass is 385 g/mol. The number of benzene rings is 3. The molecule has 3 aromatic carbocycles. The van der Waals surface area contributed by atoms with E-state index in [-0.39, 0.29) is 5.56 Å². The summed E-state index contributed by atoms with van der Waals surface area (Å²) in [6, 6.07) is 20.7. The molecule has 5 nitrogen and oxygen atoms in total. The Labute approximate surface area is 168 Å². The number of hydrogen-bond acceptors (Lipinski definition) is 5. The number of rotatable bonds is 2. The second kappa shape index (κ2) is 5.74. The van der Waals surface area contributed by atoms with E-state index in [1.165, 1.54) is 11.3 Å². The third-order valence-corrected chi connectivity index (χ3v) is 5.85. The van der Waals surface area contributed by atoms with Gasteiger partial charge in [0.25, 0.3) is 0 Å². The fourth-order valence-electron chi connectivity index (χ4n) is 3.48. The third kappa shape index (κ3) is 2.15. The van der Waals surface area contributed by atoms with E-state index in [0.717, 1.165) is 31.8 Å². The van der Waals surface area contributed by atoms with E-state index >= 15 is 0 Å². The highest BCUT2D eigenvalue weighted by Gasteiger charge is 2.18. The molecule has 3 aromatic heterocycles. The van der Waals surface area contributed by atoms with Crippen molar-refractivity contribution in [3.8, 4) is 22.9 Å². The molecule has 134 valence electrons. The van der Waals surface area contributed by atoms with E-state index in [4.69, 9.17) is 8.53 Å². The van der Waals surface area contributed by atoms with Crippen LogP contribution in [0.2, 0.25) is 0 Å². The van der Waals surface area contributed by atoms with Gasteiger partial charge in [0, 0.05) is 9.68 Å². The zero-order chi connectivity index (χ0) is 21.2. The number of hydrogen-bond donors (Lipinski definition) is 0. The molecule has 0 aliphatic carbocycles. The van der Waals surface area contributed by atoms with Crippen LogP contribution in [0.3, 0.4) is 0 Å². The van der Waals surface area contributed by atoms with Gasteiger partial charge in [-0.2, -0.15) is 0 Å². The lowest BCUT2D eigenvalue weighted by atomic mass is 10.2. The number of aromatic nitrogens is 4. The SMILES string of the molecule is [2H]C([2H])([2H])c1cccc2c1nc1sc3c(-c4nnc(-c5ccccc5)o4)cccc3n12. The fraction of sp³-hybridized carbons (Fsp3) is 0.0455. The average Bonchev–Trinajstić information content (AvgIpc) is 3.46. The van der Waals surface area contributed by atoms with Crippen LogP contribution >= 0.6 is 11.3 Å². The minimum Gasteiger partial charge on any atom is -0.416 e. The molecule has 0 amide bonds. The van der Waals surface area contributed by atoms with Crippen molar-refractivity contribution in [2.75, 3.05) is 0 Å². The molecule has 0 aliphatic heterocycles. The second-order valence-electron chi connectivity index (χ2n) is 6.44.